The van der Waals surface area contributed by atoms with Gasteiger partial charge in [-0.1, -0.05) is 43.0 Å². The number of hydrogen-bond donors (Lipinski definition) is 1. The van der Waals surface area contributed by atoms with Gasteiger partial charge < -0.3 is 10.2 Å². The molecule has 5 heteroatoms. The molecule has 1 aliphatic carbocycles. The number of carbonyl (C=O) groups is 1. The summed E-state index contributed by atoms with van der Waals surface area (Å²) in [6.07, 6.45) is 4.56. The molecule has 0 saturated heterocycles. The zero-order valence-corrected chi connectivity index (χ0v) is 14.0. The van der Waals surface area contributed by atoms with Gasteiger partial charge in [-0.2, -0.15) is 0 Å². The van der Waals surface area contributed by atoms with E-state index in [1.54, 1.807) is 18.2 Å². The predicted molar refractivity (Wildman–Crippen MR) is 88.3 cm³/mol. The second-order valence-corrected chi connectivity index (χ2v) is 6.45. The first kappa shape index (κ1) is 16.6. The third-order valence-corrected chi connectivity index (χ3v) is 5.03. The average molecular weight is 329 g/mol. The van der Waals surface area contributed by atoms with Gasteiger partial charge in [0.2, 0.25) is 0 Å². The first-order valence-electron chi connectivity index (χ1n) is 7.49. The fourth-order valence-corrected chi connectivity index (χ4v) is 3.23. The van der Waals surface area contributed by atoms with E-state index in [4.69, 9.17) is 23.2 Å². The lowest BCUT2D eigenvalue weighted by Crippen LogP contribution is -2.52. The minimum absolute atomic E-state index is 0.0741. The van der Waals surface area contributed by atoms with Gasteiger partial charge in [-0.25, -0.2) is 0 Å². The lowest BCUT2D eigenvalue weighted by molar-refractivity contribution is 0.0869. The molecule has 1 aromatic rings. The van der Waals surface area contributed by atoms with Crippen molar-refractivity contribution >= 4 is 29.1 Å². The number of likely N-dealkylation sites (N-methyl/N-ethyl adjacent to an activating group) is 1. The standard InChI is InChI=1S/C16H22Cl2N2O/c1-3-20(2)15-7-5-4-6-14(15)19-16(21)11-8-9-12(17)13(18)10-11/h8-10,14-15H,3-7H2,1-2H3,(H,19,21). The summed E-state index contributed by atoms with van der Waals surface area (Å²) < 4.78 is 0. The molecular formula is C16H22Cl2N2O. The van der Waals surface area contributed by atoms with Crippen molar-refractivity contribution in [3.05, 3.63) is 33.8 Å². The van der Waals surface area contributed by atoms with Crippen LogP contribution in [0.5, 0.6) is 0 Å². The Kier molecular flexibility index (Phi) is 5.91. The van der Waals surface area contributed by atoms with Crippen molar-refractivity contribution < 1.29 is 4.79 Å². The number of halogens is 2. The highest BCUT2D eigenvalue weighted by molar-refractivity contribution is 6.42. The van der Waals surface area contributed by atoms with E-state index < -0.39 is 0 Å². The lowest BCUT2D eigenvalue weighted by atomic mass is 9.89. The van der Waals surface area contributed by atoms with Crippen molar-refractivity contribution in [1.82, 2.24) is 10.2 Å². The van der Waals surface area contributed by atoms with Crippen molar-refractivity contribution in [2.24, 2.45) is 0 Å². The van der Waals surface area contributed by atoms with Crippen molar-refractivity contribution in [2.75, 3.05) is 13.6 Å². The monoisotopic (exact) mass is 328 g/mol. The van der Waals surface area contributed by atoms with Crippen LogP contribution in [-0.2, 0) is 0 Å². The van der Waals surface area contributed by atoms with E-state index in [2.05, 4.69) is 24.2 Å². The Hall–Kier alpha value is -0.770. The Balaban J connectivity index is 2.07. The highest BCUT2D eigenvalue weighted by Crippen LogP contribution is 2.25. The fourth-order valence-electron chi connectivity index (χ4n) is 2.93. The van der Waals surface area contributed by atoms with E-state index in [1.165, 1.54) is 12.8 Å². The van der Waals surface area contributed by atoms with Crippen LogP contribution in [0.3, 0.4) is 0 Å². The van der Waals surface area contributed by atoms with Gasteiger partial charge in [0, 0.05) is 17.6 Å². The number of nitrogens with zero attached hydrogens (tertiary/aromatic N) is 1. The molecule has 0 aromatic heterocycles. The molecule has 1 aromatic carbocycles. The number of nitrogens with one attached hydrogen (secondary N) is 1. The summed E-state index contributed by atoms with van der Waals surface area (Å²) in [5.41, 5.74) is 0.563. The van der Waals surface area contributed by atoms with E-state index in [0.717, 1.165) is 19.4 Å². The number of carbonyl (C=O) groups excluding carboxylic acids is 1. The maximum absolute atomic E-state index is 12.4. The number of rotatable bonds is 4. The van der Waals surface area contributed by atoms with Crippen molar-refractivity contribution in [3.8, 4) is 0 Å². The van der Waals surface area contributed by atoms with Crippen LogP contribution in [0.4, 0.5) is 0 Å². The molecule has 1 amide bonds. The quantitative estimate of drug-likeness (QED) is 0.906. The molecule has 2 rings (SSSR count). The molecule has 3 nitrogen and oxygen atoms in total. The third-order valence-electron chi connectivity index (χ3n) is 4.29. The van der Waals surface area contributed by atoms with Crippen LogP contribution < -0.4 is 5.32 Å². The summed E-state index contributed by atoms with van der Waals surface area (Å²) >= 11 is 11.9. The Morgan fingerprint density at radius 1 is 1.29 bits per heavy atom. The average Bonchev–Trinajstić information content (AvgIpc) is 2.49. The molecule has 0 bridgehead atoms. The summed E-state index contributed by atoms with van der Waals surface area (Å²) in [5, 5.41) is 4.04. The van der Waals surface area contributed by atoms with Crippen LogP contribution in [0.1, 0.15) is 43.0 Å². The molecule has 0 aliphatic heterocycles. The minimum Gasteiger partial charge on any atom is -0.348 e. The Bertz CT molecular complexity index is 507. The van der Waals surface area contributed by atoms with Gasteiger partial charge in [-0.05, 0) is 44.6 Å². The van der Waals surface area contributed by atoms with E-state index in [1.807, 2.05) is 0 Å². The van der Waals surface area contributed by atoms with Crippen molar-refractivity contribution in [2.45, 2.75) is 44.7 Å². The molecule has 116 valence electrons. The van der Waals surface area contributed by atoms with Crippen LogP contribution in [0.15, 0.2) is 18.2 Å². The number of amides is 1. The molecule has 21 heavy (non-hydrogen) atoms. The molecule has 1 fully saturated rings. The molecule has 1 aliphatic rings. The second-order valence-electron chi connectivity index (χ2n) is 5.63. The summed E-state index contributed by atoms with van der Waals surface area (Å²) in [6, 6.07) is 5.61. The minimum atomic E-state index is -0.0741. The Morgan fingerprint density at radius 2 is 2.00 bits per heavy atom. The van der Waals surface area contributed by atoms with E-state index >= 15 is 0 Å². The molecule has 0 spiro atoms. The van der Waals surface area contributed by atoms with E-state index in [-0.39, 0.29) is 11.9 Å². The van der Waals surface area contributed by atoms with Gasteiger partial charge in [0.25, 0.3) is 5.91 Å². The summed E-state index contributed by atoms with van der Waals surface area (Å²) in [4.78, 5) is 14.7. The topological polar surface area (TPSA) is 32.3 Å². The van der Waals surface area contributed by atoms with Gasteiger partial charge in [0.15, 0.2) is 0 Å². The predicted octanol–water partition coefficient (Wildman–Crippen LogP) is 3.99. The molecule has 1 N–H and O–H groups in total. The Labute approximate surface area is 136 Å². The normalized spacial score (nSPS) is 22.3. The van der Waals surface area contributed by atoms with Crippen LogP contribution >= 0.6 is 23.2 Å². The second kappa shape index (κ2) is 7.48. The van der Waals surface area contributed by atoms with Crippen molar-refractivity contribution in [3.63, 3.8) is 0 Å². The summed E-state index contributed by atoms with van der Waals surface area (Å²) in [6.45, 7) is 3.14. The van der Waals surface area contributed by atoms with Crippen molar-refractivity contribution in [1.29, 1.82) is 0 Å². The number of hydrogen-bond acceptors (Lipinski definition) is 2. The van der Waals surface area contributed by atoms with E-state index in [0.29, 0.717) is 21.7 Å². The van der Waals surface area contributed by atoms with E-state index in [9.17, 15) is 4.79 Å². The smallest absolute Gasteiger partial charge is 0.251 e. The molecule has 1 saturated carbocycles. The van der Waals surface area contributed by atoms with Gasteiger partial charge in [-0.15, -0.1) is 0 Å². The van der Waals surface area contributed by atoms with Crippen LogP contribution in [-0.4, -0.2) is 36.5 Å². The zero-order chi connectivity index (χ0) is 15.4. The summed E-state index contributed by atoms with van der Waals surface area (Å²) in [5.74, 6) is -0.0741. The third kappa shape index (κ3) is 4.12. The van der Waals surface area contributed by atoms with Gasteiger partial charge in [-0.3, -0.25) is 4.79 Å². The van der Waals surface area contributed by atoms with Crippen LogP contribution in [0, 0.1) is 0 Å². The van der Waals surface area contributed by atoms with Crippen LogP contribution in [0.2, 0.25) is 10.0 Å². The molecule has 2 atom stereocenters. The number of benzene rings is 1. The van der Waals surface area contributed by atoms with Gasteiger partial charge >= 0.3 is 0 Å². The zero-order valence-electron chi connectivity index (χ0n) is 12.5. The first-order chi connectivity index (χ1) is 10.0. The SMILES string of the molecule is CCN(C)C1CCCCC1NC(=O)c1ccc(Cl)c(Cl)c1. The molecule has 2 unspecified atom stereocenters. The Morgan fingerprint density at radius 3 is 2.67 bits per heavy atom. The van der Waals surface area contributed by atoms with Gasteiger partial charge in [0.05, 0.1) is 10.0 Å². The highest BCUT2D eigenvalue weighted by Gasteiger charge is 2.29. The van der Waals surface area contributed by atoms with Crippen LogP contribution in [0.25, 0.3) is 0 Å². The summed E-state index contributed by atoms with van der Waals surface area (Å²) in [7, 11) is 2.12. The molecular weight excluding hydrogens is 307 g/mol. The highest BCUT2D eigenvalue weighted by atomic mass is 35.5. The first-order valence-corrected chi connectivity index (χ1v) is 8.24. The largest absolute Gasteiger partial charge is 0.348 e. The maximum atomic E-state index is 12.4. The fraction of sp³-hybridized carbons (Fsp3) is 0.562. The maximum Gasteiger partial charge on any atom is 0.251 e. The molecule has 0 heterocycles. The van der Waals surface area contributed by atoms with Gasteiger partial charge in [0.1, 0.15) is 0 Å². The lowest BCUT2D eigenvalue weighted by Gasteiger charge is -2.38. The molecule has 0 radical (unpaired) electrons.